The van der Waals surface area contributed by atoms with Gasteiger partial charge in [-0.3, -0.25) is 9.48 Å². The van der Waals surface area contributed by atoms with Crippen LogP contribution in [-0.2, 0) is 6.54 Å². The van der Waals surface area contributed by atoms with Crippen LogP contribution in [0.4, 0.5) is 0 Å². The Bertz CT molecular complexity index is 413. The number of carbonyl (C=O) groups excluding carboxylic acids is 1. The van der Waals surface area contributed by atoms with Crippen LogP contribution in [0.5, 0.6) is 0 Å². The van der Waals surface area contributed by atoms with Crippen molar-refractivity contribution in [1.29, 1.82) is 0 Å². The fourth-order valence-corrected chi connectivity index (χ4v) is 2.52. The van der Waals surface area contributed by atoms with Gasteiger partial charge in [0.25, 0.3) is 5.91 Å². The Kier molecular flexibility index (Phi) is 7.02. The molecule has 0 unspecified atom stereocenters. The second kappa shape index (κ2) is 8.27. The van der Waals surface area contributed by atoms with E-state index >= 15 is 0 Å². The summed E-state index contributed by atoms with van der Waals surface area (Å²) in [4.78, 5) is 14.3. The molecule has 0 aromatic carbocycles. The van der Waals surface area contributed by atoms with Gasteiger partial charge in [0.1, 0.15) is 0 Å². The molecule has 1 fully saturated rings. The second-order valence-electron chi connectivity index (χ2n) is 5.13. The monoisotopic (exact) mass is 300 g/mol. The van der Waals surface area contributed by atoms with Crippen molar-refractivity contribution in [2.45, 2.75) is 33.2 Å². The van der Waals surface area contributed by atoms with Gasteiger partial charge in [-0.15, -0.1) is 12.4 Å². The molecule has 1 aromatic rings. The maximum atomic E-state index is 12.3. The lowest BCUT2D eigenvalue weighted by molar-refractivity contribution is 0.0690. The zero-order valence-electron chi connectivity index (χ0n) is 12.3. The summed E-state index contributed by atoms with van der Waals surface area (Å²) in [5.41, 5.74) is 0.715. The Labute approximate surface area is 127 Å². The summed E-state index contributed by atoms with van der Waals surface area (Å²) < 4.78 is 1.80. The molecule has 0 atom stereocenters. The van der Waals surface area contributed by atoms with Gasteiger partial charge in [0.15, 0.2) is 0 Å². The number of nitrogens with one attached hydrogen (secondary N) is 1. The highest BCUT2D eigenvalue weighted by atomic mass is 35.5. The Morgan fingerprint density at radius 2 is 2.10 bits per heavy atom. The average molecular weight is 301 g/mol. The second-order valence-corrected chi connectivity index (χ2v) is 5.13. The van der Waals surface area contributed by atoms with E-state index in [9.17, 15) is 4.79 Å². The first-order valence-corrected chi connectivity index (χ1v) is 7.27. The van der Waals surface area contributed by atoms with Crippen molar-refractivity contribution >= 4 is 18.3 Å². The highest BCUT2D eigenvalue weighted by Crippen LogP contribution is 2.18. The molecule has 1 aliphatic heterocycles. The number of piperidine rings is 1. The summed E-state index contributed by atoms with van der Waals surface area (Å²) in [6, 6.07) is 0. The molecule has 20 heavy (non-hydrogen) atoms. The van der Waals surface area contributed by atoms with Gasteiger partial charge in [0, 0.05) is 25.8 Å². The minimum Gasteiger partial charge on any atom is -0.339 e. The Morgan fingerprint density at radius 3 is 2.65 bits per heavy atom. The van der Waals surface area contributed by atoms with Crippen LogP contribution in [0.2, 0.25) is 0 Å². The lowest BCUT2D eigenvalue weighted by atomic mass is 9.96. The SMILES string of the molecule is CCNCC1CCN(C(=O)c2cnn(CC)c2)CC1.Cl. The predicted octanol–water partition coefficient (Wildman–Crippen LogP) is 1.79. The van der Waals surface area contributed by atoms with Crippen molar-refractivity contribution in [2.24, 2.45) is 5.92 Å². The summed E-state index contributed by atoms with van der Waals surface area (Å²) in [7, 11) is 0. The molecule has 0 bridgehead atoms. The quantitative estimate of drug-likeness (QED) is 0.902. The third-order valence-corrected chi connectivity index (χ3v) is 3.79. The van der Waals surface area contributed by atoms with Crippen LogP contribution in [0, 0.1) is 5.92 Å². The molecule has 1 saturated heterocycles. The third-order valence-electron chi connectivity index (χ3n) is 3.79. The molecule has 2 rings (SSSR count). The molecular weight excluding hydrogens is 276 g/mol. The molecule has 1 aromatic heterocycles. The molecule has 1 amide bonds. The van der Waals surface area contributed by atoms with Gasteiger partial charge in [-0.2, -0.15) is 5.10 Å². The molecule has 1 aliphatic rings. The molecule has 6 heteroatoms. The molecule has 5 nitrogen and oxygen atoms in total. The van der Waals surface area contributed by atoms with Crippen molar-refractivity contribution < 1.29 is 4.79 Å². The van der Waals surface area contributed by atoms with Gasteiger partial charge in [-0.1, -0.05) is 6.92 Å². The molecule has 0 radical (unpaired) electrons. The maximum absolute atomic E-state index is 12.3. The number of halogens is 1. The first-order chi connectivity index (χ1) is 9.24. The lowest BCUT2D eigenvalue weighted by Gasteiger charge is -2.31. The average Bonchev–Trinajstić information content (AvgIpc) is 2.94. The maximum Gasteiger partial charge on any atom is 0.257 e. The number of likely N-dealkylation sites (tertiary alicyclic amines) is 1. The summed E-state index contributed by atoms with van der Waals surface area (Å²) in [6.07, 6.45) is 5.71. The van der Waals surface area contributed by atoms with Crippen molar-refractivity contribution in [3.63, 3.8) is 0 Å². The minimum absolute atomic E-state index is 0. The van der Waals surface area contributed by atoms with Crippen molar-refractivity contribution in [3.8, 4) is 0 Å². The van der Waals surface area contributed by atoms with Gasteiger partial charge < -0.3 is 10.2 Å². The fraction of sp³-hybridized carbons (Fsp3) is 0.714. The number of hydrogen-bond donors (Lipinski definition) is 1. The molecule has 114 valence electrons. The van der Waals surface area contributed by atoms with Crippen LogP contribution in [0.1, 0.15) is 37.0 Å². The Morgan fingerprint density at radius 1 is 1.40 bits per heavy atom. The number of carbonyl (C=O) groups is 1. The highest BCUT2D eigenvalue weighted by Gasteiger charge is 2.23. The first kappa shape index (κ1) is 17.0. The van der Waals surface area contributed by atoms with E-state index < -0.39 is 0 Å². The van der Waals surface area contributed by atoms with Crippen LogP contribution in [0.15, 0.2) is 12.4 Å². The van der Waals surface area contributed by atoms with Crippen LogP contribution in [0.25, 0.3) is 0 Å². The van der Waals surface area contributed by atoms with E-state index in [1.807, 2.05) is 18.0 Å². The van der Waals surface area contributed by atoms with Crippen molar-refractivity contribution in [3.05, 3.63) is 18.0 Å². The Balaban J connectivity index is 0.00000200. The molecule has 1 N–H and O–H groups in total. The van der Waals surface area contributed by atoms with E-state index in [0.29, 0.717) is 11.5 Å². The summed E-state index contributed by atoms with van der Waals surface area (Å²) in [5.74, 6) is 0.837. The largest absolute Gasteiger partial charge is 0.339 e. The normalized spacial score (nSPS) is 16.0. The number of rotatable bonds is 5. The number of aryl methyl sites for hydroxylation is 1. The van der Waals surface area contributed by atoms with E-state index in [0.717, 1.165) is 45.6 Å². The zero-order valence-corrected chi connectivity index (χ0v) is 13.2. The molecular formula is C14H25ClN4O. The van der Waals surface area contributed by atoms with Crippen LogP contribution in [0.3, 0.4) is 0 Å². The molecule has 0 saturated carbocycles. The van der Waals surface area contributed by atoms with Gasteiger partial charge >= 0.3 is 0 Å². The van der Waals surface area contributed by atoms with E-state index in [4.69, 9.17) is 0 Å². The minimum atomic E-state index is 0. The molecule has 2 heterocycles. The predicted molar refractivity (Wildman–Crippen MR) is 82.3 cm³/mol. The van der Waals surface area contributed by atoms with E-state index in [1.54, 1.807) is 10.9 Å². The number of hydrogen-bond acceptors (Lipinski definition) is 3. The standard InChI is InChI=1S/C14H24N4O.ClH/c1-3-15-9-12-5-7-17(8-6-12)14(19)13-10-16-18(4-2)11-13;/h10-12,15H,3-9H2,1-2H3;1H. The van der Waals surface area contributed by atoms with Crippen LogP contribution in [-0.4, -0.2) is 46.8 Å². The highest BCUT2D eigenvalue weighted by molar-refractivity contribution is 5.93. The number of nitrogens with zero attached hydrogens (tertiary/aromatic N) is 3. The number of amides is 1. The summed E-state index contributed by atoms with van der Waals surface area (Å²) >= 11 is 0. The fourth-order valence-electron chi connectivity index (χ4n) is 2.52. The van der Waals surface area contributed by atoms with Crippen LogP contribution >= 0.6 is 12.4 Å². The molecule has 0 spiro atoms. The van der Waals surface area contributed by atoms with E-state index in [2.05, 4.69) is 17.3 Å². The van der Waals surface area contributed by atoms with Gasteiger partial charge in [-0.05, 0) is 38.8 Å². The lowest BCUT2D eigenvalue weighted by Crippen LogP contribution is -2.40. The summed E-state index contributed by atoms with van der Waals surface area (Å²) in [6.45, 7) is 8.79. The van der Waals surface area contributed by atoms with Crippen molar-refractivity contribution in [1.82, 2.24) is 20.0 Å². The van der Waals surface area contributed by atoms with Gasteiger partial charge in [0.05, 0.1) is 11.8 Å². The van der Waals surface area contributed by atoms with Gasteiger partial charge in [-0.25, -0.2) is 0 Å². The van der Waals surface area contributed by atoms with Crippen LogP contribution < -0.4 is 5.32 Å². The third kappa shape index (κ3) is 4.21. The van der Waals surface area contributed by atoms with E-state index in [1.165, 1.54) is 0 Å². The smallest absolute Gasteiger partial charge is 0.257 e. The summed E-state index contributed by atoms with van der Waals surface area (Å²) in [5, 5.41) is 7.55. The van der Waals surface area contributed by atoms with Crippen molar-refractivity contribution in [2.75, 3.05) is 26.2 Å². The topological polar surface area (TPSA) is 50.2 Å². The zero-order chi connectivity index (χ0) is 13.7. The molecule has 0 aliphatic carbocycles. The first-order valence-electron chi connectivity index (χ1n) is 7.27. The van der Waals surface area contributed by atoms with Gasteiger partial charge in [0.2, 0.25) is 0 Å². The van der Waals surface area contributed by atoms with E-state index in [-0.39, 0.29) is 18.3 Å². The number of aromatic nitrogens is 2. The Hall–Kier alpha value is -1.07.